The van der Waals surface area contributed by atoms with E-state index >= 15 is 0 Å². The summed E-state index contributed by atoms with van der Waals surface area (Å²) in [4.78, 5) is 2.34. The molecule has 1 aromatic carbocycles. The van der Waals surface area contributed by atoms with E-state index in [4.69, 9.17) is 13.9 Å². The van der Waals surface area contributed by atoms with Crippen molar-refractivity contribution in [3.8, 4) is 5.75 Å². The predicted molar refractivity (Wildman–Crippen MR) is 98.3 cm³/mol. The maximum Gasteiger partial charge on any atom is 0.422 e. The van der Waals surface area contributed by atoms with Crippen LogP contribution in [0.25, 0.3) is 0 Å². The minimum Gasteiger partial charge on any atom is -0.484 e. The number of nitrogens with zero attached hydrogens (tertiary/aromatic N) is 1. The lowest BCUT2D eigenvalue weighted by Crippen LogP contribution is -2.42. The Morgan fingerprint density at radius 2 is 1.82 bits per heavy atom. The van der Waals surface area contributed by atoms with E-state index in [-0.39, 0.29) is 11.8 Å². The lowest BCUT2D eigenvalue weighted by molar-refractivity contribution is -0.153. The molecule has 1 N–H and O–H groups in total. The fourth-order valence-electron chi connectivity index (χ4n) is 3.15. The van der Waals surface area contributed by atoms with Crippen LogP contribution in [0.5, 0.6) is 5.75 Å². The van der Waals surface area contributed by atoms with Gasteiger partial charge >= 0.3 is 6.18 Å². The summed E-state index contributed by atoms with van der Waals surface area (Å²) >= 11 is 0. The van der Waals surface area contributed by atoms with Crippen molar-refractivity contribution < 1.29 is 27.1 Å². The average Bonchev–Trinajstić information content (AvgIpc) is 3.10. The molecular weight excluding hydrogens is 373 g/mol. The molecule has 28 heavy (non-hydrogen) atoms. The van der Waals surface area contributed by atoms with Crippen molar-refractivity contribution in [1.29, 1.82) is 0 Å². The number of hydrogen-bond donors (Lipinski definition) is 1. The first-order valence-corrected chi connectivity index (χ1v) is 9.28. The number of ether oxygens (including phenoxy) is 2. The number of aryl methyl sites for hydroxylation is 1. The molecule has 1 fully saturated rings. The molecule has 1 saturated heterocycles. The smallest absolute Gasteiger partial charge is 0.422 e. The van der Waals surface area contributed by atoms with Crippen molar-refractivity contribution in [2.75, 3.05) is 39.5 Å². The van der Waals surface area contributed by atoms with Crippen LogP contribution in [-0.4, -0.2) is 50.5 Å². The number of morpholine rings is 1. The number of nitrogens with one attached hydrogen (secondary N) is 1. The fourth-order valence-corrected chi connectivity index (χ4v) is 3.15. The van der Waals surface area contributed by atoms with Gasteiger partial charge in [0.2, 0.25) is 0 Å². The van der Waals surface area contributed by atoms with Crippen LogP contribution in [0.1, 0.15) is 23.1 Å². The molecule has 0 bridgehead atoms. The molecule has 154 valence electrons. The highest BCUT2D eigenvalue weighted by Gasteiger charge is 2.28. The van der Waals surface area contributed by atoms with Gasteiger partial charge in [-0.1, -0.05) is 12.1 Å². The van der Waals surface area contributed by atoms with Gasteiger partial charge in [-0.3, -0.25) is 4.90 Å². The van der Waals surface area contributed by atoms with Gasteiger partial charge in [0.1, 0.15) is 17.3 Å². The van der Waals surface area contributed by atoms with Crippen LogP contribution in [0, 0.1) is 6.92 Å². The van der Waals surface area contributed by atoms with Crippen molar-refractivity contribution >= 4 is 0 Å². The summed E-state index contributed by atoms with van der Waals surface area (Å²) in [5, 5.41) is 3.42. The minimum atomic E-state index is -4.33. The molecule has 8 heteroatoms. The van der Waals surface area contributed by atoms with E-state index in [0.717, 1.165) is 30.2 Å². The third-order valence-corrected chi connectivity index (χ3v) is 4.57. The molecule has 0 spiro atoms. The normalized spacial score (nSPS) is 16.9. The lowest BCUT2D eigenvalue weighted by Gasteiger charge is -2.33. The van der Waals surface area contributed by atoms with Crippen LogP contribution in [0.2, 0.25) is 0 Å². The molecule has 0 aliphatic carbocycles. The van der Waals surface area contributed by atoms with Crippen LogP contribution >= 0.6 is 0 Å². The van der Waals surface area contributed by atoms with Gasteiger partial charge in [-0.25, -0.2) is 0 Å². The number of alkyl halides is 3. The van der Waals surface area contributed by atoms with Crippen molar-refractivity contribution in [2.45, 2.75) is 25.7 Å². The Hall–Kier alpha value is -2.03. The summed E-state index contributed by atoms with van der Waals surface area (Å²) in [7, 11) is 0. The zero-order chi connectivity index (χ0) is 20.0. The second-order valence-corrected chi connectivity index (χ2v) is 6.79. The highest BCUT2D eigenvalue weighted by Crippen LogP contribution is 2.24. The first-order valence-electron chi connectivity index (χ1n) is 9.28. The third-order valence-electron chi connectivity index (χ3n) is 4.57. The molecule has 3 rings (SSSR count). The van der Waals surface area contributed by atoms with E-state index < -0.39 is 12.8 Å². The molecule has 1 atom stereocenters. The Kier molecular flexibility index (Phi) is 6.98. The van der Waals surface area contributed by atoms with Crippen LogP contribution in [-0.2, 0) is 11.3 Å². The molecule has 1 aromatic heterocycles. The van der Waals surface area contributed by atoms with Crippen LogP contribution in [0.4, 0.5) is 13.2 Å². The van der Waals surface area contributed by atoms with Crippen molar-refractivity contribution in [2.24, 2.45) is 0 Å². The number of halogens is 3. The van der Waals surface area contributed by atoms with Gasteiger partial charge < -0.3 is 19.2 Å². The molecule has 0 radical (unpaired) electrons. The summed E-state index contributed by atoms with van der Waals surface area (Å²) in [5.74, 6) is 2.00. The first-order chi connectivity index (χ1) is 13.4. The van der Waals surface area contributed by atoms with E-state index in [2.05, 4.69) is 10.2 Å². The standard InChI is InChI=1S/C20H25F3N2O3/c1-15-2-7-19(28-15)18(25-8-10-26-11-9-25)13-24-12-16-3-5-17(6-4-16)27-14-20(21,22)23/h2-7,18,24H,8-14H2,1H3. The zero-order valence-electron chi connectivity index (χ0n) is 15.8. The van der Waals surface area contributed by atoms with Crippen molar-refractivity contribution in [1.82, 2.24) is 10.2 Å². The quantitative estimate of drug-likeness (QED) is 0.735. The van der Waals surface area contributed by atoms with E-state index in [9.17, 15) is 13.2 Å². The second-order valence-electron chi connectivity index (χ2n) is 6.79. The summed E-state index contributed by atoms with van der Waals surface area (Å²) < 4.78 is 52.6. The first kappa shape index (κ1) is 20.7. The summed E-state index contributed by atoms with van der Waals surface area (Å²) in [6.45, 7) is 5.03. The number of hydrogen-bond acceptors (Lipinski definition) is 5. The van der Waals surface area contributed by atoms with Crippen molar-refractivity contribution in [3.05, 3.63) is 53.5 Å². The lowest BCUT2D eigenvalue weighted by atomic mass is 10.1. The van der Waals surface area contributed by atoms with Crippen LogP contribution in [0.3, 0.4) is 0 Å². The van der Waals surface area contributed by atoms with Gasteiger partial charge in [0.25, 0.3) is 0 Å². The molecule has 1 unspecified atom stereocenters. The van der Waals surface area contributed by atoms with E-state index in [1.807, 2.05) is 19.1 Å². The molecule has 1 aliphatic heterocycles. The van der Waals surface area contributed by atoms with Gasteiger partial charge in [-0.05, 0) is 36.8 Å². The van der Waals surface area contributed by atoms with Gasteiger partial charge in [-0.2, -0.15) is 13.2 Å². The summed E-state index contributed by atoms with van der Waals surface area (Å²) in [5.41, 5.74) is 0.968. The zero-order valence-corrected chi connectivity index (χ0v) is 15.8. The van der Waals surface area contributed by atoms with E-state index in [1.54, 1.807) is 24.3 Å². The number of furan rings is 1. The SMILES string of the molecule is Cc1ccc(C(CNCc2ccc(OCC(F)(F)F)cc2)N2CCOCC2)o1. The molecule has 1 aliphatic rings. The molecular formula is C20H25F3N2O3. The topological polar surface area (TPSA) is 46.9 Å². The molecule has 2 aromatic rings. The highest BCUT2D eigenvalue weighted by molar-refractivity contribution is 5.27. The third kappa shape index (κ3) is 6.25. The van der Waals surface area contributed by atoms with Crippen molar-refractivity contribution in [3.63, 3.8) is 0 Å². The largest absolute Gasteiger partial charge is 0.484 e. The predicted octanol–water partition coefficient (Wildman–Crippen LogP) is 3.69. The van der Waals surface area contributed by atoms with Crippen LogP contribution in [0.15, 0.2) is 40.8 Å². The van der Waals surface area contributed by atoms with Gasteiger partial charge in [0, 0.05) is 26.2 Å². The number of rotatable bonds is 8. The molecule has 0 amide bonds. The maximum atomic E-state index is 12.2. The second kappa shape index (κ2) is 9.45. The Bertz CT molecular complexity index is 725. The summed E-state index contributed by atoms with van der Waals surface area (Å²) in [6, 6.07) is 10.7. The number of benzene rings is 1. The summed E-state index contributed by atoms with van der Waals surface area (Å²) in [6.07, 6.45) is -4.33. The van der Waals surface area contributed by atoms with Gasteiger partial charge in [0.15, 0.2) is 6.61 Å². The monoisotopic (exact) mass is 398 g/mol. The molecule has 2 heterocycles. The average molecular weight is 398 g/mol. The Morgan fingerprint density at radius 3 is 2.43 bits per heavy atom. The Labute approximate surface area is 162 Å². The van der Waals surface area contributed by atoms with E-state index in [0.29, 0.717) is 26.3 Å². The Balaban J connectivity index is 1.53. The van der Waals surface area contributed by atoms with Crippen LogP contribution < -0.4 is 10.1 Å². The van der Waals surface area contributed by atoms with E-state index in [1.165, 1.54) is 0 Å². The maximum absolute atomic E-state index is 12.2. The fraction of sp³-hybridized carbons (Fsp3) is 0.500. The Morgan fingerprint density at radius 1 is 1.11 bits per heavy atom. The highest BCUT2D eigenvalue weighted by atomic mass is 19.4. The molecule has 0 saturated carbocycles. The molecule has 5 nitrogen and oxygen atoms in total. The van der Waals surface area contributed by atoms with Gasteiger partial charge in [0.05, 0.1) is 19.3 Å². The minimum absolute atomic E-state index is 0.104. The van der Waals surface area contributed by atoms with Gasteiger partial charge in [-0.15, -0.1) is 0 Å².